The van der Waals surface area contributed by atoms with Gasteiger partial charge in [-0.1, -0.05) is 23.4 Å². The van der Waals surface area contributed by atoms with E-state index in [1.54, 1.807) is 35.0 Å². The number of halogens is 3. The van der Waals surface area contributed by atoms with E-state index in [0.29, 0.717) is 24.2 Å². The molecule has 0 bridgehead atoms. The monoisotopic (exact) mass is 514 g/mol. The highest BCUT2D eigenvalue weighted by atomic mass is 19.4. The van der Waals surface area contributed by atoms with Crippen molar-refractivity contribution in [3.05, 3.63) is 65.7 Å². The summed E-state index contributed by atoms with van der Waals surface area (Å²) in [7, 11) is 1.79. The first-order valence-electron chi connectivity index (χ1n) is 11.3. The zero-order valence-corrected chi connectivity index (χ0v) is 19.5. The maximum Gasteiger partial charge on any atom is 0.471 e. The first kappa shape index (κ1) is 24.4. The van der Waals surface area contributed by atoms with Crippen LogP contribution in [0.2, 0.25) is 0 Å². The number of aryl methyl sites for hydroxylation is 1. The van der Waals surface area contributed by atoms with Gasteiger partial charge in [0.2, 0.25) is 5.82 Å². The van der Waals surface area contributed by atoms with E-state index in [1.165, 1.54) is 24.3 Å². The minimum Gasteiger partial charge on any atom is -0.377 e. The zero-order valence-electron chi connectivity index (χ0n) is 19.5. The molecule has 2 amide bonds. The van der Waals surface area contributed by atoms with Crippen LogP contribution in [-0.2, 0) is 18.0 Å². The van der Waals surface area contributed by atoms with Crippen LogP contribution in [-0.4, -0.2) is 69.0 Å². The summed E-state index contributed by atoms with van der Waals surface area (Å²) < 4.78 is 49.5. The number of morpholine rings is 1. The molecule has 13 heteroatoms. The molecule has 1 atom stereocenters. The van der Waals surface area contributed by atoms with Crippen LogP contribution in [0.25, 0.3) is 22.3 Å². The van der Waals surface area contributed by atoms with Crippen LogP contribution >= 0.6 is 0 Å². The number of benzene rings is 2. The Balaban J connectivity index is 1.25. The molecule has 0 unspecified atom stereocenters. The van der Waals surface area contributed by atoms with Gasteiger partial charge in [-0.05, 0) is 24.3 Å². The smallest absolute Gasteiger partial charge is 0.377 e. The van der Waals surface area contributed by atoms with E-state index in [2.05, 4.69) is 25.1 Å². The van der Waals surface area contributed by atoms with Crippen molar-refractivity contribution >= 4 is 22.7 Å². The fraction of sp³-hybridized carbons (Fsp3) is 0.292. The molecule has 1 fully saturated rings. The number of carbonyl (C=O) groups is 2. The second-order valence-electron chi connectivity index (χ2n) is 8.48. The first-order valence-corrected chi connectivity index (χ1v) is 11.3. The topological polar surface area (TPSA) is 115 Å². The number of hydrogen-bond donors (Lipinski definition) is 1. The molecule has 5 rings (SSSR count). The van der Waals surface area contributed by atoms with Crippen LogP contribution in [0.4, 0.5) is 13.2 Å². The Morgan fingerprint density at radius 1 is 1.16 bits per heavy atom. The van der Waals surface area contributed by atoms with E-state index < -0.39 is 24.0 Å². The van der Waals surface area contributed by atoms with Gasteiger partial charge in [0.1, 0.15) is 0 Å². The lowest BCUT2D eigenvalue weighted by atomic mass is 10.1. The molecule has 1 aliphatic heterocycles. The standard InChI is InChI=1S/C24H21F3N6O4/c1-32-12-18-17(3-2-4-19(18)30-32)22(35)33-9-10-36-13-16(33)11-28-21(34)15-7-5-14(6-8-15)20-29-23(37-31-20)24(25,26)27/h2-8,12,16H,9-11,13H2,1H3,(H,28,34)/t16-/m0/s1. The van der Waals surface area contributed by atoms with Crippen LogP contribution in [0.1, 0.15) is 26.6 Å². The fourth-order valence-corrected chi connectivity index (χ4v) is 4.13. The molecule has 0 saturated carbocycles. The Morgan fingerprint density at radius 3 is 2.68 bits per heavy atom. The molecule has 1 saturated heterocycles. The summed E-state index contributed by atoms with van der Waals surface area (Å²) in [5.74, 6) is -2.28. The van der Waals surface area contributed by atoms with Crippen LogP contribution in [0.5, 0.6) is 0 Å². The molecule has 1 N–H and O–H groups in total. The number of ether oxygens (including phenoxy) is 1. The number of carbonyl (C=O) groups excluding carboxylic acids is 2. The zero-order chi connectivity index (χ0) is 26.2. The van der Waals surface area contributed by atoms with E-state index in [0.717, 1.165) is 5.39 Å². The summed E-state index contributed by atoms with van der Waals surface area (Å²) in [5, 5.41) is 11.2. The maximum atomic E-state index is 13.4. The average Bonchev–Trinajstić information content (AvgIpc) is 3.53. The average molecular weight is 514 g/mol. The highest BCUT2D eigenvalue weighted by Crippen LogP contribution is 2.29. The minimum absolute atomic E-state index is 0.148. The van der Waals surface area contributed by atoms with Gasteiger partial charge in [-0.15, -0.1) is 0 Å². The summed E-state index contributed by atoms with van der Waals surface area (Å²) in [6.07, 6.45) is -2.95. The lowest BCUT2D eigenvalue weighted by Gasteiger charge is -2.35. The second kappa shape index (κ2) is 9.65. The van der Waals surface area contributed by atoms with Crippen molar-refractivity contribution in [3.8, 4) is 11.4 Å². The van der Waals surface area contributed by atoms with Crippen LogP contribution < -0.4 is 5.32 Å². The largest absolute Gasteiger partial charge is 0.471 e. The molecule has 3 heterocycles. The Hall–Kier alpha value is -4.26. The number of amides is 2. The van der Waals surface area contributed by atoms with Crippen LogP contribution in [0, 0.1) is 0 Å². The van der Waals surface area contributed by atoms with Crippen molar-refractivity contribution in [2.45, 2.75) is 12.2 Å². The molecule has 1 aliphatic rings. The number of hydrogen-bond acceptors (Lipinski definition) is 7. The molecule has 2 aromatic carbocycles. The van der Waals surface area contributed by atoms with Crippen molar-refractivity contribution < 1.29 is 32.0 Å². The quantitative estimate of drug-likeness (QED) is 0.436. The summed E-state index contributed by atoms with van der Waals surface area (Å²) in [5.41, 5.74) is 1.77. The molecule has 0 radical (unpaired) electrons. The predicted octanol–water partition coefficient (Wildman–Crippen LogP) is 2.91. The summed E-state index contributed by atoms with van der Waals surface area (Å²) in [6.45, 7) is 1.16. The summed E-state index contributed by atoms with van der Waals surface area (Å²) >= 11 is 0. The Bertz CT molecular complexity index is 1450. The van der Waals surface area contributed by atoms with Crippen LogP contribution in [0.15, 0.2) is 53.2 Å². The number of rotatable bonds is 5. The third-order valence-electron chi connectivity index (χ3n) is 5.96. The van der Waals surface area contributed by atoms with Gasteiger partial charge >= 0.3 is 12.1 Å². The van der Waals surface area contributed by atoms with Crippen molar-refractivity contribution in [1.29, 1.82) is 0 Å². The van der Waals surface area contributed by atoms with Crippen molar-refractivity contribution in [1.82, 2.24) is 30.1 Å². The molecule has 4 aromatic rings. The van der Waals surface area contributed by atoms with E-state index in [-0.39, 0.29) is 36.0 Å². The lowest BCUT2D eigenvalue weighted by molar-refractivity contribution is -0.159. The third kappa shape index (κ3) is 5.03. The number of alkyl halides is 3. The van der Waals surface area contributed by atoms with Crippen molar-refractivity contribution in [2.75, 3.05) is 26.3 Å². The molecular formula is C24H21F3N6O4. The first-order chi connectivity index (χ1) is 17.7. The van der Waals surface area contributed by atoms with E-state index in [1.807, 2.05) is 6.07 Å². The predicted molar refractivity (Wildman–Crippen MR) is 123 cm³/mol. The molecular weight excluding hydrogens is 493 g/mol. The van der Waals surface area contributed by atoms with E-state index >= 15 is 0 Å². The normalized spacial score (nSPS) is 16.2. The molecule has 0 aliphatic carbocycles. The molecule has 0 spiro atoms. The number of nitrogens with zero attached hydrogens (tertiary/aromatic N) is 5. The highest BCUT2D eigenvalue weighted by Gasteiger charge is 2.38. The third-order valence-corrected chi connectivity index (χ3v) is 5.96. The van der Waals surface area contributed by atoms with Crippen LogP contribution in [0.3, 0.4) is 0 Å². The summed E-state index contributed by atoms with van der Waals surface area (Å²) in [4.78, 5) is 31.2. The highest BCUT2D eigenvalue weighted by molar-refractivity contribution is 6.06. The summed E-state index contributed by atoms with van der Waals surface area (Å²) in [6, 6.07) is 10.7. The van der Waals surface area contributed by atoms with Gasteiger partial charge < -0.3 is 19.5 Å². The lowest BCUT2D eigenvalue weighted by Crippen LogP contribution is -2.53. The van der Waals surface area contributed by atoms with Gasteiger partial charge in [-0.25, -0.2) is 0 Å². The second-order valence-corrected chi connectivity index (χ2v) is 8.48. The van der Waals surface area contributed by atoms with Crippen molar-refractivity contribution in [2.24, 2.45) is 7.05 Å². The van der Waals surface area contributed by atoms with E-state index in [9.17, 15) is 22.8 Å². The van der Waals surface area contributed by atoms with Gasteiger partial charge in [0.05, 0.1) is 30.3 Å². The fourth-order valence-electron chi connectivity index (χ4n) is 4.13. The molecule has 192 valence electrons. The van der Waals surface area contributed by atoms with Gasteiger partial charge in [-0.2, -0.15) is 23.3 Å². The SMILES string of the molecule is Cn1cc2c(C(=O)N3CCOC[C@@H]3CNC(=O)c3ccc(-c4noc(C(F)(F)F)n4)cc3)cccc2n1. The number of fused-ring (bicyclic) bond motifs is 1. The number of nitrogens with one attached hydrogen (secondary N) is 1. The van der Waals surface area contributed by atoms with Crippen molar-refractivity contribution in [3.63, 3.8) is 0 Å². The minimum atomic E-state index is -4.74. The Labute approximate surface area is 208 Å². The Morgan fingerprint density at radius 2 is 1.95 bits per heavy atom. The number of aromatic nitrogens is 4. The molecule has 10 nitrogen and oxygen atoms in total. The molecule has 2 aromatic heterocycles. The Kier molecular flexibility index (Phi) is 6.38. The van der Waals surface area contributed by atoms with Gasteiger partial charge in [-0.3, -0.25) is 14.3 Å². The maximum absolute atomic E-state index is 13.4. The van der Waals surface area contributed by atoms with Gasteiger partial charge in [0.15, 0.2) is 0 Å². The van der Waals surface area contributed by atoms with Gasteiger partial charge in [0, 0.05) is 42.8 Å². The van der Waals surface area contributed by atoms with Gasteiger partial charge in [0.25, 0.3) is 11.8 Å². The molecule has 37 heavy (non-hydrogen) atoms. The van der Waals surface area contributed by atoms with E-state index in [4.69, 9.17) is 4.74 Å².